The Labute approximate surface area is 81.8 Å². The highest BCUT2D eigenvalue weighted by Crippen LogP contribution is 2.42. The van der Waals surface area contributed by atoms with Crippen LogP contribution in [0.4, 0.5) is 4.39 Å². The SMILES string of the molecule is O=P1(c2ccc(F)cc2)NCCCO1. The Kier molecular flexibility index (Phi) is 2.68. The van der Waals surface area contributed by atoms with E-state index in [0.717, 1.165) is 6.42 Å². The Balaban J connectivity index is 2.28. The van der Waals surface area contributed by atoms with Crippen molar-refractivity contribution in [3.8, 4) is 0 Å². The molecular weight excluding hydrogens is 204 g/mol. The smallest absolute Gasteiger partial charge is 0.299 e. The largest absolute Gasteiger partial charge is 0.314 e. The highest BCUT2D eigenvalue weighted by Gasteiger charge is 2.27. The molecule has 5 heteroatoms. The Morgan fingerprint density at radius 1 is 1.36 bits per heavy atom. The van der Waals surface area contributed by atoms with Crippen LogP contribution in [0.1, 0.15) is 6.42 Å². The second-order valence-corrected chi connectivity index (χ2v) is 5.32. The normalized spacial score (nSPS) is 27.5. The topological polar surface area (TPSA) is 38.3 Å². The molecule has 1 aromatic carbocycles. The van der Waals surface area contributed by atoms with Gasteiger partial charge in [0.2, 0.25) is 0 Å². The van der Waals surface area contributed by atoms with E-state index >= 15 is 0 Å². The Morgan fingerprint density at radius 2 is 2.07 bits per heavy atom. The third-order valence-corrected chi connectivity index (χ3v) is 4.24. The van der Waals surface area contributed by atoms with Crippen molar-refractivity contribution in [1.29, 1.82) is 0 Å². The van der Waals surface area contributed by atoms with E-state index in [1.54, 1.807) is 0 Å². The second kappa shape index (κ2) is 3.81. The highest BCUT2D eigenvalue weighted by atomic mass is 31.2. The zero-order valence-corrected chi connectivity index (χ0v) is 8.47. The zero-order valence-electron chi connectivity index (χ0n) is 7.57. The van der Waals surface area contributed by atoms with Gasteiger partial charge in [-0.15, -0.1) is 0 Å². The molecule has 76 valence electrons. The van der Waals surface area contributed by atoms with E-state index in [4.69, 9.17) is 4.52 Å². The Hall–Kier alpha value is -0.700. The lowest BCUT2D eigenvalue weighted by Gasteiger charge is -2.24. The summed E-state index contributed by atoms with van der Waals surface area (Å²) < 4.78 is 29.9. The molecule has 2 rings (SSSR count). The standard InChI is InChI=1S/C9H11FNO2P/c10-8-2-4-9(5-3-8)14(12)11-6-1-7-13-14/h2-5H,1,6-7H2,(H,11,12). The number of benzene rings is 1. The van der Waals surface area contributed by atoms with Crippen LogP contribution >= 0.6 is 7.52 Å². The molecular formula is C9H11FNO2P. The lowest BCUT2D eigenvalue weighted by molar-refractivity contribution is 0.285. The average Bonchev–Trinajstić information content (AvgIpc) is 2.19. The molecule has 3 nitrogen and oxygen atoms in total. The molecule has 1 N–H and O–H groups in total. The van der Waals surface area contributed by atoms with E-state index in [0.29, 0.717) is 18.5 Å². The monoisotopic (exact) mass is 215 g/mol. The van der Waals surface area contributed by atoms with E-state index in [9.17, 15) is 8.96 Å². The summed E-state index contributed by atoms with van der Waals surface area (Å²) in [5, 5.41) is 3.37. The van der Waals surface area contributed by atoms with Crippen LogP contribution in [-0.4, -0.2) is 13.2 Å². The van der Waals surface area contributed by atoms with Crippen molar-refractivity contribution in [2.75, 3.05) is 13.2 Å². The molecule has 0 bridgehead atoms. The number of nitrogens with one attached hydrogen (secondary N) is 1. The summed E-state index contributed by atoms with van der Waals surface area (Å²) in [7, 11) is -2.90. The fourth-order valence-corrected chi connectivity index (χ4v) is 3.14. The first-order valence-electron chi connectivity index (χ1n) is 4.46. The van der Waals surface area contributed by atoms with Gasteiger partial charge >= 0.3 is 0 Å². The minimum absolute atomic E-state index is 0.336. The molecule has 0 amide bonds. The van der Waals surface area contributed by atoms with Crippen LogP contribution in [0.5, 0.6) is 0 Å². The molecule has 1 heterocycles. The summed E-state index contributed by atoms with van der Waals surface area (Å²) >= 11 is 0. The van der Waals surface area contributed by atoms with Gasteiger partial charge < -0.3 is 4.52 Å². The molecule has 0 radical (unpaired) electrons. The predicted molar refractivity (Wildman–Crippen MR) is 52.2 cm³/mol. The summed E-state index contributed by atoms with van der Waals surface area (Å²) in [5.74, 6) is -0.336. The Bertz CT molecular complexity index is 356. The van der Waals surface area contributed by atoms with Crippen LogP contribution in [0.2, 0.25) is 0 Å². The van der Waals surface area contributed by atoms with Crippen LogP contribution in [-0.2, 0) is 9.09 Å². The van der Waals surface area contributed by atoms with Crippen molar-refractivity contribution < 1.29 is 13.5 Å². The molecule has 1 saturated heterocycles. The van der Waals surface area contributed by atoms with Gasteiger partial charge in [-0.3, -0.25) is 4.57 Å². The first-order chi connectivity index (χ1) is 6.71. The van der Waals surface area contributed by atoms with Gasteiger partial charge in [0.15, 0.2) is 0 Å². The van der Waals surface area contributed by atoms with Crippen LogP contribution in [0.3, 0.4) is 0 Å². The van der Waals surface area contributed by atoms with Crippen LogP contribution in [0.15, 0.2) is 24.3 Å². The quantitative estimate of drug-likeness (QED) is 0.724. The molecule has 1 aliphatic heterocycles. The van der Waals surface area contributed by atoms with Crippen molar-refractivity contribution in [2.24, 2.45) is 0 Å². The maximum absolute atomic E-state index is 12.6. The summed E-state index contributed by atoms with van der Waals surface area (Å²) in [6.07, 6.45) is 0.852. The van der Waals surface area contributed by atoms with E-state index in [-0.39, 0.29) is 5.82 Å². The molecule has 1 aromatic rings. The summed E-state index contributed by atoms with van der Waals surface area (Å²) in [5.41, 5.74) is 0. The molecule has 0 saturated carbocycles. The summed E-state index contributed by atoms with van der Waals surface area (Å²) in [4.78, 5) is 0. The van der Waals surface area contributed by atoms with Crippen molar-refractivity contribution in [1.82, 2.24) is 5.09 Å². The van der Waals surface area contributed by atoms with Gasteiger partial charge in [0.05, 0.1) is 11.9 Å². The van der Waals surface area contributed by atoms with E-state index in [1.165, 1.54) is 24.3 Å². The van der Waals surface area contributed by atoms with E-state index in [1.807, 2.05) is 0 Å². The van der Waals surface area contributed by atoms with E-state index < -0.39 is 7.52 Å². The first-order valence-corrected chi connectivity index (χ1v) is 6.09. The van der Waals surface area contributed by atoms with Crippen molar-refractivity contribution >= 4 is 12.8 Å². The third kappa shape index (κ3) is 1.87. The minimum Gasteiger partial charge on any atom is -0.314 e. The zero-order chi connectivity index (χ0) is 10.0. The molecule has 1 unspecified atom stereocenters. The number of hydrogen-bond acceptors (Lipinski definition) is 2. The van der Waals surface area contributed by atoms with Crippen molar-refractivity contribution in [3.05, 3.63) is 30.1 Å². The third-order valence-electron chi connectivity index (χ3n) is 2.08. The molecule has 0 aliphatic carbocycles. The first kappa shape index (κ1) is 9.84. The predicted octanol–water partition coefficient (Wildman–Crippen LogP) is 1.65. The molecule has 1 fully saturated rings. The molecule has 1 aliphatic rings. The van der Waals surface area contributed by atoms with Gasteiger partial charge in [-0.05, 0) is 30.7 Å². The fourth-order valence-electron chi connectivity index (χ4n) is 1.34. The van der Waals surface area contributed by atoms with Gasteiger partial charge in [0, 0.05) is 6.54 Å². The van der Waals surface area contributed by atoms with Crippen molar-refractivity contribution in [2.45, 2.75) is 6.42 Å². The maximum Gasteiger partial charge on any atom is 0.299 e. The molecule has 0 aromatic heterocycles. The Morgan fingerprint density at radius 3 is 2.64 bits per heavy atom. The maximum atomic E-state index is 12.6. The van der Waals surface area contributed by atoms with E-state index in [2.05, 4.69) is 5.09 Å². The summed E-state index contributed by atoms with van der Waals surface area (Å²) in [6, 6.07) is 5.56. The second-order valence-electron chi connectivity index (χ2n) is 3.12. The highest BCUT2D eigenvalue weighted by molar-refractivity contribution is 7.65. The van der Waals surface area contributed by atoms with Gasteiger partial charge in [0.1, 0.15) is 5.82 Å². The number of rotatable bonds is 1. The number of halogens is 1. The van der Waals surface area contributed by atoms with Crippen LogP contribution in [0.25, 0.3) is 0 Å². The lowest BCUT2D eigenvalue weighted by atomic mass is 10.4. The fraction of sp³-hybridized carbons (Fsp3) is 0.333. The molecule has 1 atom stereocenters. The minimum atomic E-state index is -2.90. The molecule has 0 spiro atoms. The van der Waals surface area contributed by atoms with Gasteiger partial charge in [-0.25, -0.2) is 9.48 Å². The van der Waals surface area contributed by atoms with Gasteiger partial charge in [0.25, 0.3) is 7.52 Å². The average molecular weight is 215 g/mol. The van der Waals surface area contributed by atoms with Crippen LogP contribution < -0.4 is 10.4 Å². The van der Waals surface area contributed by atoms with Crippen LogP contribution in [0, 0.1) is 5.82 Å². The summed E-state index contributed by atoms with van der Waals surface area (Å²) in [6.45, 7) is 1.16. The number of hydrogen-bond donors (Lipinski definition) is 1. The van der Waals surface area contributed by atoms with Gasteiger partial charge in [-0.2, -0.15) is 0 Å². The lowest BCUT2D eigenvalue weighted by Crippen LogP contribution is -2.27. The van der Waals surface area contributed by atoms with Crippen molar-refractivity contribution in [3.63, 3.8) is 0 Å². The molecule has 14 heavy (non-hydrogen) atoms. The van der Waals surface area contributed by atoms with Gasteiger partial charge in [-0.1, -0.05) is 0 Å².